The average Bonchev–Trinajstić information content (AvgIpc) is 2.95. The lowest BCUT2D eigenvalue weighted by Gasteiger charge is -2.24. The van der Waals surface area contributed by atoms with Crippen molar-refractivity contribution in [3.63, 3.8) is 0 Å². The molecule has 144 valence electrons. The topological polar surface area (TPSA) is 38.1 Å². The highest BCUT2D eigenvalue weighted by molar-refractivity contribution is 5.93. The van der Waals surface area contributed by atoms with Crippen molar-refractivity contribution in [2.45, 2.75) is 25.2 Å². The number of halogens is 1. The number of aromatic nitrogens is 2. The molecule has 0 radical (unpaired) electrons. The first-order valence-electron chi connectivity index (χ1n) is 9.76. The first-order valence-corrected chi connectivity index (χ1v) is 9.76. The molecule has 1 unspecified atom stereocenters. The Morgan fingerprint density at radius 2 is 1.82 bits per heavy atom. The van der Waals surface area contributed by atoms with E-state index in [1.54, 1.807) is 4.68 Å². The largest absolute Gasteiger partial charge is 0.337 e. The summed E-state index contributed by atoms with van der Waals surface area (Å²) in [5, 5.41) is 4.53. The lowest BCUT2D eigenvalue weighted by molar-refractivity contribution is 0.0743. The molecule has 0 saturated carbocycles. The highest BCUT2D eigenvalue weighted by Crippen LogP contribution is 2.28. The van der Waals surface area contributed by atoms with E-state index in [-0.39, 0.29) is 17.6 Å². The molecule has 5 heteroatoms. The van der Waals surface area contributed by atoms with Crippen molar-refractivity contribution >= 4 is 5.91 Å². The van der Waals surface area contributed by atoms with E-state index in [2.05, 4.69) is 5.10 Å². The van der Waals surface area contributed by atoms with Gasteiger partial charge in [0.1, 0.15) is 11.5 Å². The third kappa shape index (κ3) is 3.84. The van der Waals surface area contributed by atoms with E-state index in [1.165, 1.54) is 12.1 Å². The van der Waals surface area contributed by atoms with E-state index in [4.69, 9.17) is 0 Å². The van der Waals surface area contributed by atoms with Crippen LogP contribution in [-0.4, -0.2) is 33.7 Å². The average molecular weight is 377 g/mol. The molecule has 3 aromatic rings. The van der Waals surface area contributed by atoms with Gasteiger partial charge in [0.05, 0.1) is 5.69 Å². The summed E-state index contributed by atoms with van der Waals surface area (Å²) in [6.45, 7) is 1.39. The van der Waals surface area contributed by atoms with Crippen molar-refractivity contribution in [3.8, 4) is 11.3 Å². The Labute approximate surface area is 164 Å². The summed E-state index contributed by atoms with van der Waals surface area (Å²) in [5.41, 5.74) is 3.49. The fraction of sp³-hybridized carbons (Fsp3) is 0.304. The van der Waals surface area contributed by atoms with Crippen LogP contribution in [0.5, 0.6) is 0 Å². The number of nitrogens with zero attached hydrogens (tertiary/aromatic N) is 3. The summed E-state index contributed by atoms with van der Waals surface area (Å²) in [7, 11) is 1.81. The highest BCUT2D eigenvalue weighted by Gasteiger charge is 2.26. The van der Waals surface area contributed by atoms with E-state index in [0.717, 1.165) is 42.6 Å². The molecule has 0 spiro atoms. The van der Waals surface area contributed by atoms with Gasteiger partial charge in [0, 0.05) is 31.6 Å². The van der Waals surface area contributed by atoms with Gasteiger partial charge in [-0.15, -0.1) is 0 Å². The Bertz CT molecular complexity index is 950. The normalized spacial score (nSPS) is 17.4. The third-order valence-corrected chi connectivity index (χ3v) is 5.47. The van der Waals surface area contributed by atoms with Crippen LogP contribution in [0.3, 0.4) is 0 Å². The number of carbonyl (C=O) groups excluding carboxylic acids is 1. The number of rotatable bonds is 3. The molecular formula is C23H24FN3O. The maximum atomic E-state index is 13.3. The van der Waals surface area contributed by atoms with Gasteiger partial charge < -0.3 is 4.90 Å². The van der Waals surface area contributed by atoms with Gasteiger partial charge >= 0.3 is 0 Å². The Morgan fingerprint density at radius 1 is 1.07 bits per heavy atom. The molecule has 1 aliphatic heterocycles. The monoisotopic (exact) mass is 377 g/mol. The molecule has 4 nitrogen and oxygen atoms in total. The third-order valence-electron chi connectivity index (χ3n) is 5.47. The quantitative estimate of drug-likeness (QED) is 0.667. The molecule has 1 aliphatic rings. The zero-order chi connectivity index (χ0) is 19.5. The van der Waals surface area contributed by atoms with Crippen LogP contribution in [0.1, 0.15) is 41.2 Å². The summed E-state index contributed by atoms with van der Waals surface area (Å²) in [4.78, 5) is 15.2. The fourth-order valence-corrected chi connectivity index (χ4v) is 3.91. The number of carbonyl (C=O) groups is 1. The maximum Gasteiger partial charge on any atom is 0.272 e. The molecule has 1 fully saturated rings. The van der Waals surface area contributed by atoms with Crippen molar-refractivity contribution < 1.29 is 9.18 Å². The number of hydrogen-bond donors (Lipinski definition) is 0. The first-order chi connectivity index (χ1) is 13.6. The molecule has 2 heterocycles. The number of aryl methyl sites for hydroxylation is 1. The van der Waals surface area contributed by atoms with E-state index >= 15 is 0 Å². The van der Waals surface area contributed by atoms with Gasteiger partial charge in [0.25, 0.3) is 5.91 Å². The van der Waals surface area contributed by atoms with Gasteiger partial charge in [-0.2, -0.15) is 5.10 Å². The molecule has 1 aromatic heterocycles. The summed E-state index contributed by atoms with van der Waals surface area (Å²) in [5.74, 6) is 0.00805. The van der Waals surface area contributed by atoms with E-state index in [0.29, 0.717) is 12.2 Å². The van der Waals surface area contributed by atoms with Crippen LogP contribution in [0.25, 0.3) is 11.3 Å². The summed E-state index contributed by atoms with van der Waals surface area (Å²) < 4.78 is 14.9. The minimum atomic E-state index is -0.228. The molecule has 0 aliphatic carbocycles. The number of benzene rings is 2. The van der Waals surface area contributed by atoms with Crippen LogP contribution in [0, 0.1) is 5.82 Å². The van der Waals surface area contributed by atoms with E-state index in [9.17, 15) is 9.18 Å². The molecule has 0 N–H and O–H groups in total. The van der Waals surface area contributed by atoms with Crippen molar-refractivity contribution in [1.82, 2.24) is 14.7 Å². The van der Waals surface area contributed by atoms with Crippen molar-refractivity contribution in [1.29, 1.82) is 0 Å². The number of hydrogen-bond acceptors (Lipinski definition) is 2. The van der Waals surface area contributed by atoms with Gasteiger partial charge in [-0.25, -0.2) is 4.39 Å². The van der Waals surface area contributed by atoms with Crippen LogP contribution >= 0.6 is 0 Å². The predicted octanol–water partition coefficient (Wildman–Crippen LogP) is 4.64. The Hall–Kier alpha value is -2.95. The second-order valence-corrected chi connectivity index (χ2v) is 7.40. The minimum Gasteiger partial charge on any atom is -0.337 e. The summed E-state index contributed by atoms with van der Waals surface area (Å²) in [6.07, 6.45) is 3.05. The van der Waals surface area contributed by atoms with Crippen LogP contribution in [0.2, 0.25) is 0 Å². The SMILES string of the molecule is Cn1nc(-c2ccccc2)cc1C(=O)N1CCCCC(c2ccc(F)cc2)C1. The summed E-state index contributed by atoms with van der Waals surface area (Å²) >= 11 is 0. The van der Waals surface area contributed by atoms with Crippen LogP contribution < -0.4 is 0 Å². The standard InChI is InChI=1S/C23H24FN3O/c1-26-22(15-21(25-26)18-7-3-2-4-8-18)23(28)27-14-6-5-9-19(16-27)17-10-12-20(24)13-11-17/h2-4,7-8,10-13,15,19H,5-6,9,14,16H2,1H3. The van der Waals surface area contributed by atoms with Crippen molar-refractivity contribution in [2.75, 3.05) is 13.1 Å². The van der Waals surface area contributed by atoms with Gasteiger partial charge in [-0.3, -0.25) is 9.48 Å². The van der Waals surface area contributed by atoms with Gasteiger partial charge in [-0.1, -0.05) is 48.9 Å². The van der Waals surface area contributed by atoms with Gasteiger partial charge in [0.2, 0.25) is 0 Å². The second-order valence-electron chi connectivity index (χ2n) is 7.40. The minimum absolute atomic E-state index is 0.00573. The van der Waals surface area contributed by atoms with Gasteiger partial charge in [-0.05, 0) is 36.6 Å². The maximum absolute atomic E-state index is 13.3. The lowest BCUT2D eigenvalue weighted by atomic mass is 9.94. The Morgan fingerprint density at radius 3 is 2.57 bits per heavy atom. The second kappa shape index (κ2) is 7.97. The molecule has 4 rings (SSSR count). The Balaban J connectivity index is 1.56. The molecule has 2 aromatic carbocycles. The van der Waals surface area contributed by atoms with Crippen molar-refractivity contribution in [3.05, 3.63) is 77.7 Å². The fourth-order valence-electron chi connectivity index (χ4n) is 3.91. The number of amides is 1. The zero-order valence-electron chi connectivity index (χ0n) is 16.0. The van der Waals surface area contributed by atoms with Crippen molar-refractivity contribution in [2.24, 2.45) is 7.05 Å². The number of likely N-dealkylation sites (tertiary alicyclic amines) is 1. The zero-order valence-corrected chi connectivity index (χ0v) is 16.0. The summed E-state index contributed by atoms with van der Waals surface area (Å²) in [6, 6.07) is 18.4. The van der Waals surface area contributed by atoms with Crippen LogP contribution in [0.4, 0.5) is 4.39 Å². The van der Waals surface area contributed by atoms with Crippen LogP contribution in [0.15, 0.2) is 60.7 Å². The lowest BCUT2D eigenvalue weighted by Crippen LogP contribution is -2.35. The molecule has 1 amide bonds. The van der Waals surface area contributed by atoms with E-state index in [1.807, 2.05) is 60.5 Å². The Kier molecular flexibility index (Phi) is 5.24. The molecule has 1 saturated heterocycles. The molecule has 0 bridgehead atoms. The molecular weight excluding hydrogens is 353 g/mol. The molecule has 28 heavy (non-hydrogen) atoms. The highest BCUT2D eigenvalue weighted by atomic mass is 19.1. The van der Waals surface area contributed by atoms with Crippen LogP contribution in [-0.2, 0) is 7.05 Å². The predicted molar refractivity (Wildman–Crippen MR) is 108 cm³/mol. The smallest absolute Gasteiger partial charge is 0.272 e. The molecule has 1 atom stereocenters. The van der Waals surface area contributed by atoms with E-state index < -0.39 is 0 Å². The van der Waals surface area contributed by atoms with Gasteiger partial charge in [0.15, 0.2) is 0 Å². The first kappa shape index (κ1) is 18.4.